The monoisotopic (exact) mass is 292 g/mol. The number of hydrogen-bond donors (Lipinski definition) is 2. The normalized spacial score (nSPS) is 16.9. The van der Waals surface area contributed by atoms with Crippen molar-refractivity contribution in [1.29, 1.82) is 0 Å². The Labute approximate surface area is 125 Å². The van der Waals surface area contributed by atoms with Crippen molar-refractivity contribution >= 4 is 11.9 Å². The van der Waals surface area contributed by atoms with Crippen molar-refractivity contribution in [3.63, 3.8) is 0 Å². The van der Waals surface area contributed by atoms with E-state index in [-0.39, 0.29) is 5.91 Å². The quantitative estimate of drug-likeness (QED) is 0.499. The first-order chi connectivity index (χ1) is 10.2. The molecule has 0 aliphatic carbocycles. The third-order valence-corrected chi connectivity index (χ3v) is 3.73. The van der Waals surface area contributed by atoms with Crippen LogP contribution in [0.25, 0.3) is 0 Å². The molecule has 1 aromatic heterocycles. The van der Waals surface area contributed by atoms with Gasteiger partial charge in [0.1, 0.15) is 0 Å². The standard InChI is InChI=1S/C15H24N4O2/c1-12-5-9-19(10-6-12)15(16-2)18-8-7-17-14(20)13-4-3-11-21-13/h3-4,11-12H,5-10H2,1-2H3,(H,16,18)(H,17,20). The molecule has 2 rings (SSSR count). The molecule has 0 unspecified atom stereocenters. The van der Waals surface area contributed by atoms with Gasteiger partial charge >= 0.3 is 0 Å². The van der Waals surface area contributed by atoms with Gasteiger partial charge in [-0.2, -0.15) is 0 Å². The Balaban J connectivity index is 1.68. The van der Waals surface area contributed by atoms with Gasteiger partial charge in [0.25, 0.3) is 5.91 Å². The van der Waals surface area contributed by atoms with Crippen LogP contribution in [-0.2, 0) is 0 Å². The smallest absolute Gasteiger partial charge is 0.287 e. The lowest BCUT2D eigenvalue weighted by Crippen LogP contribution is -2.47. The summed E-state index contributed by atoms with van der Waals surface area (Å²) in [6.45, 7) is 5.55. The highest BCUT2D eigenvalue weighted by Gasteiger charge is 2.18. The minimum absolute atomic E-state index is 0.191. The number of rotatable bonds is 4. The van der Waals surface area contributed by atoms with Crippen LogP contribution in [0.15, 0.2) is 27.8 Å². The van der Waals surface area contributed by atoms with E-state index >= 15 is 0 Å². The lowest BCUT2D eigenvalue weighted by Gasteiger charge is -2.32. The molecule has 0 atom stereocenters. The fourth-order valence-corrected chi connectivity index (χ4v) is 2.40. The van der Waals surface area contributed by atoms with Gasteiger partial charge in [-0.1, -0.05) is 6.92 Å². The van der Waals surface area contributed by atoms with E-state index in [1.54, 1.807) is 19.2 Å². The Morgan fingerprint density at radius 3 is 2.71 bits per heavy atom. The van der Waals surface area contributed by atoms with Gasteiger partial charge in [0.05, 0.1) is 6.26 Å². The fourth-order valence-electron chi connectivity index (χ4n) is 2.40. The molecule has 2 N–H and O–H groups in total. The summed E-state index contributed by atoms with van der Waals surface area (Å²) >= 11 is 0. The van der Waals surface area contributed by atoms with Crippen LogP contribution in [0, 0.1) is 5.92 Å². The molecule has 1 saturated heterocycles. The second-order valence-corrected chi connectivity index (χ2v) is 5.38. The molecule has 1 aliphatic heterocycles. The average molecular weight is 292 g/mol. The van der Waals surface area contributed by atoms with Gasteiger partial charge in [0.15, 0.2) is 11.7 Å². The maximum Gasteiger partial charge on any atom is 0.287 e. The second kappa shape index (κ2) is 7.71. The van der Waals surface area contributed by atoms with Crippen LogP contribution in [0.4, 0.5) is 0 Å². The summed E-state index contributed by atoms with van der Waals surface area (Å²) in [6, 6.07) is 3.35. The van der Waals surface area contributed by atoms with E-state index < -0.39 is 0 Å². The zero-order valence-electron chi connectivity index (χ0n) is 12.8. The van der Waals surface area contributed by atoms with Gasteiger partial charge in [-0.3, -0.25) is 9.79 Å². The SMILES string of the molecule is CN=C(NCCNC(=O)c1ccco1)N1CCC(C)CC1. The number of carbonyl (C=O) groups excluding carboxylic acids is 1. The van der Waals surface area contributed by atoms with Crippen molar-refractivity contribution in [2.45, 2.75) is 19.8 Å². The van der Waals surface area contributed by atoms with Crippen LogP contribution in [0.2, 0.25) is 0 Å². The number of guanidine groups is 1. The van der Waals surface area contributed by atoms with Crippen molar-refractivity contribution < 1.29 is 9.21 Å². The molecular formula is C15H24N4O2. The van der Waals surface area contributed by atoms with Gasteiger partial charge < -0.3 is 20.0 Å². The second-order valence-electron chi connectivity index (χ2n) is 5.38. The molecule has 0 bridgehead atoms. The van der Waals surface area contributed by atoms with E-state index in [9.17, 15) is 4.79 Å². The predicted octanol–water partition coefficient (Wildman–Crippen LogP) is 1.32. The van der Waals surface area contributed by atoms with Gasteiger partial charge in [0, 0.05) is 33.2 Å². The van der Waals surface area contributed by atoms with Crippen molar-refractivity contribution in [2.75, 3.05) is 33.2 Å². The highest BCUT2D eigenvalue weighted by Crippen LogP contribution is 2.15. The Morgan fingerprint density at radius 1 is 1.38 bits per heavy atom. The predicted molar refractivity (Wildman–Crippen MR) is 82.4 cm³/mol. The Kier molecular flexibility index (Phi) is 5.66. The van der Waals surface area contributed by atoms with E-state index in [1.165, 1.54) is 19.1 Å². The highest BCUT2D eigenvalue weighted by molar-refractivity contribution is 5.91. The lowest BCUT2D eigenvalue weighted by atomic mass is 10.00. The first kappa shape index (κ1) is 15.4. The fraction of sp³-hybridized carbons (Fsp3) is 0.600. The minimum atomic E-state index is -0.191. The third-order valence-electron chi connectivity index (χ3n) is 3.73. The molecule has 1 aromatic rings. The van der Waals surface area contributed by atoms with Gasteiger partial charge in [-0.05, 0) is 30.9 Å². The van der Waals surface area contributed by atoms with Crippen LogP contribution in [0.1, 0.15) is 30.3 Å². The molecule has 116 valence electrons. The third kappa shape index (κ3) is 4.51. The number of furan rings is 1. The molecule has 1 amide bonds. The average Bonchev–Trinajstić information content (AvgIpc) is 3.03. The molecule has 6 nitrogen and oxygen atoms in total. The summed E-state index contributed by atoms with van der Waals surface area (Å²) in [5.74, 6) is 1.86. The molecule has 0 radical (unpaired) electrons. The lowest BCUT2D eigenvalue weighted by molar-refractivity contribution is 0.0926. The molecule has 0 saturated carbocycles. The number of aliphatic imine (C=N–C) groups is 1. The Bertz CT molecular complexity index is 462. The summed E-state index contributed by atoms with van der Waals surface area (Å²) in [5, 5.41) is 6.09. The van der Waals surface area contributed by atoms with Crippen molar-refractivity contribution in [3.8, 4) is 0 Å². The summed E-state index contributed by atoms with van der Waals surface area (Å²) in [6.07, 6.45) is 3.90. The number of amides is 1. The maximum atomic E-state index is 11.7. The molecule has 2 heterocycles. The van der Waals surface area contributed by atoms with Crippen molar-refractivity contribution in [1.82, 2.24) is 15.5 Å². The number of piperidine rings is 1. The summed E-state index contributed by atoms with van der Waals surface area (Å²) in [7, 11) is 1.79. The minimum Gasteiger partial charge on any atom is -0.459 e. The van der Waals surface area contributed by atoms with E-state index in [0.717, 1.165) is 25.0 Å². The number of nitrogens with one attached hydrogen (secondary N) is 2. The largest absolute Gasteiger partial charge is 0.459 e. The van der Waals surface area contributed by atoms with Crippen LogP contribution < -0.4 is 10.6 Å². The van der Waals surface area contributed by atoms with Crippen molar-refractivity contribution in [3.05, 3.63) is 24.2 Å². The van der Waals surface area contributed by atoms with Gasteiger partial charge in [0.2, 0.25) is 0 Å². The van der Waals surface area contributed by atoms with E-state index in [0.29, 0.717) is 18.8 Å². The molecule has 1 fully saturated rings. The van der Waals surface area contributed by atoms with Crippen LogP contribution in [-0.4, -0.2) is 50.0 Å². The van der Waals surface area contributed by atoms with Crippen LogP contribution in [0.5, 0.6) is 0 Å². The number of nitrogens with zero attached hydrogens (tertiary/aromatic N) is 2. The molecule has 1 aliphatic rings. The topological polar surface area (TPSA) is 69.9 Å². The summed E-state index contributed by atoms with van der Waals surface area (Å²) < 4.78 is 5.04. The zero-order valence-corrected chi connectivity index (χ0v) is 12.8. The van der Waals surface area contributed by atoms with Crippen LogP contribution >= 0.6 is 0 Å². The molecule has 6 heteroatoms. The van der Waals surface area contributed by atoms with Gasteiger partial charge in [-0.25, -0.2) is 0 Å². The summed E-state index contributed by atoms with van der Waals surface area (Å²) in [4.78, 5) is 18.3. The van der Waals surface area contributed by atoms with Gasteiger partial charge in [-0.15, -0.1) is 0 Å². The zero-order chi connectivity index (χ0) is 15.1. The van der Waals surface area contributed by atoms with Crippen molar-refractivity contribution in [2.24, 2.45) is 10.9 Å². The molecule has 0 spiro atoms. The summed E-state index contributed by atoms with van der Waals surface area (Å²) in [5.41, 5.74) is 0. The Hall–Kier alpha value is -1.98. The maximum absolute atomic E-state index is 11.7. The number of likely N-dealkylation sites (tertiary alicyclic amines) is 1. The van der Waals surface area contributed by atoms with E-state index in [2.05, 4.69) is 27.4 Å². The first-order valence-corrected chi connectivity index (χ1v) is 7.48. The molecule has 21 heavy (non-hydrogen) atoms. The van der Waals surface area contributed by atoms with E-state index in [1.807, 2.05) is 0 Å². The number of carbonyl (C=O) groups is 1. The highest BCUT2D eigenvalue weighted by atomic mass is 16.3. The van der Waals surface area contributed by atoms with E-state index in [4.69, 9.17) is 4.42 Å². The Morgan fingerprint density at radius 2 is 2.10 bits per heavy atom. The molecular weight excluding hydrogens is 268 g/mol. The van der Waals surface area contributed by atoms with Crippen LogP contribution in [0.3, 0.4) is 0 Å². The number of hydrogen-bond acceptors (Lipinski definition) is 3. The first-order valence-electron chi connectivity index (χ1n) is 7.48. The molecule has 0 aromatic carbocycles.